The van der Waals surface area contributed by atoms with E-state index in [0.29, 0.717) is 6.61 Å². The van der Waals surface area contributed by atoms with Gasteiger partial charge in [-0.05, 0) is 33.2 Å². The fourth-order valence-corrected chi connectivity index (χ4v) is 2.73. The predicted molar refractivity (Wildman–Crippen MR) is 78.2 cm³/mol. The van der Waals surface area contributed by atoms with Gasteiger partial charge in [0.2, 0.25) is 0 Å². The van der Waals surface area contributed by atoms with E-state index in [2.05, 4.69) is 24.1 Å². The third-order valence-electron chi connectivity index (χ3n) is 4.02. The summed E-state index contributed by atoms with van der Waals surface area (Å²) in [4.78, 5) is 14.7. The fraction of sp³-hybridized carbons (Fsp3) is 0.933. The minimum atomic E-state index is -0.447. The molecule has 1 aliphatic rings. The van der Waals surface area contributed by atoms with Crippen molar-refractivity contribution >= 4 is 5.97 Å². The number of carbonyl (C=O) groups is 1. The maximum absolute atomic E-state index is 12.4. The van der Waals surface area contributed by atoms with E-state index in [1.54, 1.807) is 0 Å². The van der Waals surface area contributed by atoms with Gasteiger partial charge in [-0.2, -0.15) is 0 Å². The van der Waals surface area contributed by atoms with Gasteiger partial charge >= 0.3 is 5.97 Å². The molecular formula is C15H30N2O2. The van der Waals surface area contributed by atoms with Crippen LogP contribution in [-0.2, 0) is 9.53 Å². The number of esters is 1. The number of unbranched alkanes of at least 4 members (excludes halogenated alkanes) is 2. The molecule has 0 bridgehead atoms. The lowest BCUT2D eigenvalue weighted by Gasteiger charge is -2.38. The first kappa shape index (κ1) is 16.4. The summed E-state index contributed by atoms with van der Waals surface area (Å²) in [5.41, 5.74) is -0.447. The summed E-state index contributed by atoms with van der Waals surface area (Å²) in [6.07, 6.45) is 5.46. The molecule has 0 aromatic heterocycles. The fourth-order valence-electron chi connectivity index (χ4n) is 2.73. The van der Waals surface area contributed by atoms with E-state index in [9.17, 15) is 4.79 Å². The van der Waals surface area contributed by atoms with Crippen molar-refractivity contribution in [2.75, 3.05) is 32.8 Å². The maximum atomic E-state index is 12.4. The van der Waals surface area contributed by atoms with Crippen LogP contribution in [0.1, 0.15) is 52.9 Å². The molecule has 0 radical (unpaired) electrons. The SMILES string of the molecule is CCCCCC(C)(C(=O)OCC)N1CCCNCC1. The highest BCUT2D eigenvalue weighted by Crippen LogP contribution is 2.25. The highest BCUT2D eigenvalue weighted by molar-refractivity contribution is 5.80. The van der Waals surface area contributed by atoms with Crippen molar-refractivity contribution in [2.45, 2.75) is 58.4 Å². The minimum Gasteiger partial charge on any atom is -0.465 e. The number of carbonyl (C=O) groups excluding carboxylic acids is 1. The molecule has 4 nitrogen and oxygen atoms in total. The average molecular weight is 270 g/mol. The van der Waals surface area contributed by atoms with Crippen molar-refractivity contribution in [2.24, 2.45) is 0 Å². The molecule has 1 saturated heterocycles. The van der Waals surface area contributed by atoms with Crippen LogP contribution in [0.3, 0.4) is 0 Å². The van der Waals surface area contributed by atoms with Crippen molar-refractivity contribution < 1.29 is 9.53 Å². The van der Waals surface area contributed by atoms with Crippen molar-refractivity contribution in [3.05, 3.63) is 0 Å². The van der Waals surface area contributed by atoms with E-state index in [0.717, 1.165) is 45.4 Å². The summed E-state index contributed by atoms with van der Waals surface area (Å²) >= 11 is 0. The Morgan fingerprint density at radius 3 is 2.74 bits per heavy atom. The van der Waals surface area contributed by atoms with Gasteiger partial charge in [0, 0.05) is 19.6 Å². The number of nitrogens with one attached hydrogen (secondary N) is 1. The summed E-state index contributed by atoms with van der Waals surface area (Å²) in [5.74, 6) is -0.0481. The molecule has 1 N–H and O–H groups in total. The van der Waals surface area contributed by atoms with E-state index in [4.69, 9.17) is 4.74 Å². The second kappa shape index (κ2) is 8.54. The van der Waals surface area contributed by atoms with Gasteiger partial charge in [-0.3, -0.25) is 9.69 Å². The Morgan fingerprint density at radius 1 is 1.26 bits per heavy atom. The minimum absolute atomic E-state index is 0.0481. The zero-order valence-electron chi connectivity index (χ0n) is 12.8. The molecule has 1 atom stereocenters. The smallest absolute Gasteiger partial charge is 0.326 e. The third kappa shape index (κ3) is 4.77. The van der Waals surface area contributed by atoms with Crippen molar-refractivity contribution in [1.29, 1.82) is 0 Å². The molecule has 0 spiro atoms. The molecule has 4 heteroatoms. The molecule has 1 fully saturated rings. The summed E-state index contributed by atoms with van der Waals surface area (Å²) < 4.78 is 5.33. The van der Waals surface area contributed by atoms with Crippen LogP contribution in [0.15, 0.2) is 0 Å². The first-order valence-electron chi connectivity index (χ1n) is 7.78. The summed E-state index contributed by atoms with van der Waals surface area (Å²) in [7, 11) is 0. The van der Waals surface area contributed by atoms with Crippen molar-refractivity contribution in [1.82, 2.24) is 10.2 Å². The second-order valence-electron chi connectivity index (χ2n) is 5.54. The lowest BCUT2D eigenvalue weighted by atomic mass is 9.91. The number of hydrogen-bond acceptors (Lipinski definition) is 4. The van der Waals surface area contributed by atoms with Gasteiger partial charge in [0.05, 0.1) is 6.61 Å². The van der Waals surface area contributed by atoms with Crippen LogP contribution in [0.2, 0.25) is 0 Å². The molecular weight excluding hydrogens is 240 g/mol. The Kier molecular flexibility index (Phi) is 7.39. The summed E-state index contributed by atoms with van der Waals surface area (Å²) in [5, 5.41) is 3.39. The second-order valence-corrected chi connectivity index (χ2v) is 5.54. The molecule has 1 rings (SSSR count). The lowest BCUT2D eigenvalue weighted by molar-refractivity contribution is -0.157. The van der Waals surface area contributed by atoms with Crippen LogP contribution in [0, 0.1) is 0 Å². The molecule has 0 aliphatic carbocycles. The van der Waals surface area contributed by atoms with Crippen molar-refractivity contribution in [3.8, 4) is 0 Å². The third-order valence-corrected chi connectivity index (χ3v) is 4.02. The number of ether oxygens (including phenoxy) is 1. The first-order chi connectivity index (χ1) is 9.15. The Morgan fingerprint density at radius 2 is 2.05 bits per heavy atom. The van der Waals surface area contributed by atoms with E-state index < -0.39 is 5.54 Å². The van der Waals surface area contributed by atoms with Gasteiger partial charge in [-0.15, -0.1) is 0 Å². The standard InChI is InChI=1S/C15H30N2O2/c1-4-6-7-9-15(3,14(18)19-5-2)17-12-8-10-16-11-13-17/h16H,4-13H2,1-3H3. The van der Waals surface area contributed by atoms with Crippen LogP contribution in [-0.4, -0.2) is 49.2 Å². The van der Waals surface area contributed by atoms with Gasteiger partial charge in [0.25, 0.3) is 0 Å². The van der Waals surface area contributed by atoms with Crippen molar-refractivity contribution in [3.63, 3.8) is 0 Å². The van der Waals surface area contributed by atoms with Gasteiger partial charge in [0.1, 0.15) is 5.54 Å². The Hall–Kier alpha value is -0.610. The van der Waals surface area contributed by atoms with Crippen LogP contribution in [0.4, 0.5) is 0 Å². The Labute approximate surface area is 117 Å². The number of nitrogens with zero attached hydrogens (tertiary/aromatic N) is 1. The topological polar surface area (TPSA) is 41.6 Å². The van der Waals surface area contributed by atoms with Crippen LogP contribution in [0.5, 0.6) is 0 Å². The van der Waals surface area contributed by atoms with Crippen LogP contribution >= 0.6 is 0 Å². The largest absolute Gasteiger partial charge is 0.465 e. The molecule has 112 valence electrons. The predicted octanol–water partition coefficient (Wildman–Crippen LogP) is 2.18. The van der Waals surface area contributed by atoms with Gasteiger partial charge in [0.15, 0.2) is 0 Å². The van der Waals surface area contributed by atoms with Gasteiger partial charge in [-0.1, -0.05) is 26.2 Å². The molecule has 19 heavy (non-hydrogen) atoms. The quantitative estimate of drug-likeness (QED) is 0.569. The van der Waals surface area contributed by atoms with E-state index in [-0.39, 0.29) is 5.97 Å². The highest BCUT2D eigenvalue weighted by atomic mass is 16.5. The number of hydrogen-bond donors (Lipinski definition) is 1. The van der Waals surface area contributed by atoms with E-state index in [1.165, 1.54) is 12.8 Å². The monoisotopic (exact) mass is 270 g/mol. The molecule has 1 aliphatic heterocycles. The van der Waals surface area contributed by atoms with Gasteiger partial charge < -0.3 is 10.1 Å². The van der Waals surface area contributed by atoms with Gasteiger partial charge in [-0.25, -0.2) is 0 Å². The molecule has 0 aromatic carbocycles. The maximum Gasteiger partial charge on any atom is 0.326 e. The molecule has 1 heterocycles. The molecule has 0 aromatic rings. The average Bonchev–Trinajstić information content (AvgIpc) is 2.68. The molecule has 0 amide bonds. The zero-order valence-corrected chi connectivity index (χ0v) is 12.8. The first-order valence-corrected chi connectivity index (χ1v) is 7.78. The van der Waals surface area contributed by atoms with E-state index >= 15 is 0 Å². The highest BCUT2D eigenvalue weighted by Gasteiger charge is 2.40. The molecule has 1 unspecified atom stereocenters. The Balaban J connectivity index is 2.72. The summed E-state index contributed by atoms with van der Waals surface area (Å²) in [6, 6.07) is 0. The van der Waals surface area contributed by atoms with Crippen LogP contribution < -0.4 is 5.32 Å². The summed E-state index contributed by atoms with van der Waals surface area (Å²) in [6.45, 7) is 10.5. The van der Waals surface area contributed by atoms with E-state index in [1.807, 2.05) is 6.92 Å². The molecule has 0 saturated carbocycles. The van der Waals surface area contributed by atoms with Crippen LogP contribution in [0.25, 0.3) is 0 Å². The lowest BCUT2D eigenvalue weighted by Crippen LogP contribution is -2.54. The normalized spacial score (nSPS) is 20.6. The number of rotatable bonds is 7. The zero-order chi connectivity index (χ0) is 14.1. The Bertz CT molecular complexity index is 263.